The van der Waals surface area contributed by atoms with Crippen molar-refractivity contribution in [1.29, 1.82) is 0 Å². The number of rotatable bonds is 5. The van der Waals surface area contributed by atoms with Gasteiger partial charge in [-0.05, 0) is 49.9 Å². The van der Waals surface area contributed by atoms with E-state index in [4.69, 9.17) is 11.6 Å². The SMILES string of the molecule is FC(F)(F)C1(CC2CCN(CCc3ccc(Cl)nc3)CC2)N=N1. The van der Waals surface area contributed by atoms with Crippen LogP contribution in [0.1, 0.15) is 24.8 Å². The summed E-state index contributed by atoms with van der Waals surface area (Å²) in [6, 6.07) is 3.72. The number of hydrogen-bond acceptors (Lipinski definition) is 4. The van der Waals surface area contributed by atoms with Gasteiger partial charge in [0.15, 0.2) is 0 Å². The smallest absolute Gasteiger partial charge is 0.303 e. The van der Waals surface area contributed by atoms with Crippen LogP contribution in [0.15, 0.2) is 28.6 Å². The Balaban J connectivity index is 1.41. The molecule has 8 heteroatoms. The summed E-state index contributed by atoms with van der Waals surface area (Å²) in [6.45, 7) is 2.52. The second-order valence-corrected chi connectivity index (χ2v) is 6.63. The monoisotopic (exact) mass is 346 g/mol. The van der Waals surface area contributed by atoms with Gasteiger partial charge in [-0.2, -0.15) is 13.2 Å². The molecule has 1 aromatic rings. The third-order valence-electron chi connectivity index (χ3n) is 4.58. The third-order valence-corrected chi connectivity index (χ3v) is 4.80. The topological polar surface area (TPSA) is 40.9 Å². The molecule has 3 rings (SSSR count). The zero-order valence-electron chi connectivity index (χ0n) is 12.6. The molecular formula is C15H18ClF3N4. The van der Waals surface area contributed by atoms with E-state index < -0.39 is 11.8 Å². The molecule has 2 aliphatic heterocycles. The molecule has 1 aromatic heterocycles. The van der Waals surface area contributed by atoms with Crippen molar-refractivity contribution in [3.63, 3.8) is 0 Å². The van der Waals surface area contributed by atoms with Crippen molar-refractivity contribution in [2.45, 2.75) is 37.5 Å². The van der Waals surface area contributed by atoms with Crippen LogP contribution in [0.25, 0.3) is 0 Å². The molecule has 4 nitrogen and oxygen atoms in total. The maximum absolute atomic E-state index is 12.9. The number of nitrogens with zero attached hydrogens (tertiary/aromatic N) is 4. The molecule has 0 aromatic carbocycles. The van der Waals surface area contributed by atoms with Crippen LogP contribution in [0.5, 0.6) is 0 Å². The van der Waals surface area contributed by atoms with Gasteiger partial charge in [0.2, 0.25) is 0 Å². The lowest BCUT2D eigenvalue weighted by atomic mass is 9.88. The van der Waals surface area contributed by atoms with Gasteiger partial charge < -0.3 is 4.90 Å². The molecule has 23 heavy (non-hydrogen) atoms. The van der Waals surface area contributed by atoms with Gasteiger partial charge in [-0.25, -0.2) is 4.98 Å². The van der Waals surface area contributed by atoms with Crippen LogP contribution in [0.4, 0.5) is 13.2 Å². The zero-order valence-corrected chi connectivity index (χ0v) is 13.3. The first-order chi connectivity index (χ1) is 10.9. The fourth-order valence-electron chi connectivity index (χ4n) is 3.03. The van der Waals surface area contributed by atoms with Crippen LogP contribution in [0, 0.1) is 5.92 Å². The van der Waals surface area contributed by atoms with E-state index in [0.717, 1.165) is 44.5 Å². The molecule has 0 amide bonds. The molecule has 0 radical (unpaired) electrons. The average Bonchev–Trinajstić information content (AvgIpc) is 3.29. The molecule has 1 saturated heterocycles. The fourth-order valence-corrected chi connectivity index (χ4v) is 3.14. The van der Waals surface area contributed by atoms with E-state index in [1.165, 1.54) is 0 Å². The minimum atomic E-state index is -4.34. The van der Waals surface area contributed by atoms with Gasteiger partial charge in [0.1, 0.15) is 5.15 Å². The predicted molar refractivity (Wildman–Crippen MR) is 80.4 cm³/mol. The molecule has 126 valence electrons. The van der Waals surface area contributed by atoms with Gasteiger partial charge in [-0.15, -0.1) is 10.2 Å². The van der Waals surface area contributed by atoms with Crippen molar-refractivity contribution < 1.29 is 13.2 Å². The second-order valence-electron chi connectivity index (χ2n) is 6.24. The summed E-state index contributed by atoms with van der Waals surface area (Å²) in [4.78, 5) is 6.33. The highest BCUT2D eigenvalue weighted by Crippen LogP contribution is 2.49. The van der Waals surface area contributed by atoms with Crippen molar-refractivity contribution in [1.82, 2.24) is 9.88 Å². The van der Waals surface area contributed by atoms with Crippen LogP contribution in [-0.4, -0.2) is 41.4 Å². The first-order valence-electron chi connectivity index (χ1n) is 7.71. The Morgan fingerprint density at radius 3 is 2.43 bits per heavy atom. The summed E-state index contributed by atoms with van der Waals surface area (Å²) in [7, 11) is 0. The Hall–Kier alpha value is -1.21. The van der Waals surface area contributed by atoms with E-state index in [1.807, 2.05) is 6.07 Å². The number of pyridine rings is 1. The summed E-state index contributed by atoms with van der Waals surface area (Å²) in [5, 5.41) is 7.02. The maximum atomic E-state index is 12.9. The lowest BCUT2D eigenvalue weighted by Crippen LogP contribution is -2.40. The highest BCUT2D eigenvalue weighted by atomic mass is 35.5. The van der Waals surface area contributed by atoms with Crippen molar-refractivity contribution in [3.8, 4) is 0 Å². The number of aromatic nitrogens is 1. The van der Waals surface area contributed by atoms with E-state index in [0.29, 0.717) is 5.15 Å². The Morgan fingerprint density at radius 2 is 1.91 bits per heavy atom. The molecule has 0 atom stereocenters. The molecule has 0 unspecified atom stereocenters. The van der Waals surface area contributed by atoms with Gasteiger partial charge in [-0.1, -0.05) is 17.7 Å². The molecule has 3 heterocycles. The number of halogens is 4. The summed E-state index contributed by atoms with van der Waals surface area (Å²) in [5.41, 5.74) is -0.974. The number of alkyl halides is 3. The van der Waals surface area contributed by atoms with Gasteiger partial charge in [0.25, 0.3) is 5.66 Å². The van der Waals surface area contributed by atoms with Crippen molar-refractivity contribution in [3.05, 3.63) is 29.0 Å². The van der Waals surface area contributed by atoms with Crippen LogP contribution in [0.3, 0.4) is 0 Å². The lowest BCUT2D eigenvalue weighted by molar-refractivity contribution is -0.168. The van der Waals surface area contributed by atoms with E-state index in [1.54, 1.807) is 12.3 Å². The Morgan fingerprint density at radius 1 is 1.22 bits per heavy atom. The van der Waals surface area contributed by atoms with E-state index in [-0.39, 0.29) is 12.3 Å². The van der Waals surface area contributed by atoms with Gasteiger partial charge in [-0.3, -0.25) is 0 Å². The maximum Gasteiger partial charge on any atom is 0.437 e. The number of piperidine rings is 1. The summed E-state index contributed by atoms with van der Waals surface area (Å²) < 4.78 is 38.6. The Bertz CT molecular complexity index is 559. The van der Waals surface area contributed by atoms with Crippen LogP contribution < -0.4 is 0 Å². The Kier molecular flexibility index (Phi) is 4.60. The molecule has 0 spiro atoms. The van der Waals surface area contributed by atoms with E-state index in [2.05, 4.69) is 20.1 Å². The summed E-state index contributed by atoms with van der Waals surface area (Å²) in [5.74, 6) is 0.0417. The molecule has 1 fully saturated rings. The predicted octanol–water partition coefficient (Wildman–Crippen LogP) is 4.10. The molecule has 0 bridgehead atoms. The fraction of sp³-hybridized carbons (Fsp3) is 0.667. The highest BCUT2D eigenvalue weighted by Gasteiger charge is 2.64. The first kappa shape index (κ1) is 16.6. The van der Waals surface area contributed by atoms with Crippen LogP contribution in [-0.2, 0) is 6.42 Å². The summed E-state index contributed by atoms with van der Waals surface area (Å²) in [6.07, 6.45) is -0.176. The van der Waals surface area contributed by atoms with Crippen LogP contribution >= 0.6 is 11.6 Å². The molecule has 0 aliphatic carbocycles. The van der Waals surface area contributed by atoms with Crippen molar-refractivity contribution >= 4 is 11.6 Å². The van der Waals surface area contributed by atoms with Gasteiger partial charge >= 0.3 is 6.18 Å². The van der Waals surface area contributed by atoms with Crippen molar-refractivity contribution in [2.24, 2.45) is 16.1 Å². The van der Waals surface area contributed by atoms with Gasteiger partial charge in [0, 0.05) is 19.2 Å². The second kappa shape index (κ2) is 6.36. The molecule has 0 saturated carbocycles. The molecule has 2 aliphatic rings. The van der Waals surface area contributed by atoms with Crippen molar-refractivity contribution in [2.75, 3.05) is 19.6 Å². The van der Waals surface area contributed by atoms with E-state index >= 15 is 0 Å². The minimum Gasteiger partial charge on any atom is -0.303 e. The lowest BCUT2D eigenvalue weighted by Gasteiger charge is -2.33. The first-order valence-corrected chi connectivity index (χ1v) is 8.09. The average molecular weight is 347 g/mol. The minimum absolute atomic E-state index is 0.00540. The molecular weight excluding hydrogens is 329 g/mol. The van der Waals surface area contributed by atoms with E-state index in [9.17, 15) is 13.2 Å². The number of hydrogen-bond donors (Lipinski definition) is 0. The zero-order chi connectivity index (χ0) is 16.5. The largest absolute Gasteiger partial charge is 0.437 e. The van der Waals surface area contributed by atoms with Gasteiger partial charge in [0.05, 0.1) is 0 Å². The number of likely N-dealkylation sites (tertiary alicyclic amines) is 1. The Labute approximate surface area is 137 Å². The molecule has 0 N–H and O–H groups in total. The standard InChI is InChI=1S/C15H18ClF3N4/c16-13-2-1-12(10-20-13)5-8-23-6-3-11(4-7-23)9-14(21-22-14)15(17,18)19/h1-2,10-11H,3-9H2. The normalized spacial score (nSPS) is 21.6. The highest BCUT2D eigenvalue weighted by molar-refractivity contribution is 6.29. The summed E-state index contributed by atoms with van der Waals surface area (Å²) >= 11 is 5.75. The van der Waals surface area contributed by atoms with Crippen LogP contribution in [0.2, 0.25) is 5.15 Å². The third kappa shape index (κ3) is 4.01. The quantitative estimate of drug-likeness (QED) is 0.753.